The van der Waals surface area contributed by atoms with Crippen LogP contribution in [0.25, 0.3) is 10.9 Å². The lowest BCUT2D eigenvalue weighted by Crippen LogP contribution is -2.45. The summed E-state index contributed by atoms with van der Waals surface area (Å²) < 4.78 is 5.26. The summed E-state index contributed by atoms with van der Waals surface area (Å²) >= 11 is 0. The van der Waals surface area contributed by atoms with E-state index in [1.54, 1.807) is 0 Å². The van der Waals surface area contributed by atoms with E-state index in [1.165, 1.54) is 5.56 Å². The van der Waals surface area contributed by atoms with Gasteiger partial charge in [0, 0.05) is 30.7 Å². The van der Waals surface area contributed by atoms with Crippen molar-refractivity contribution in [2.45, 2.75) is 19.6 Å². The predicted octanol–water partition coefficient (Wildman–Crippen LogP) is 1.83. The molecule has 0 bridgehead atoms. The molecular weight excluding hydrogens is 268 g/mol. The molecule has 5 heteroatoms. The Kier molecular flexibility index (Phi) is 3.86. The standard InChI is InChI=1S/C16H18N2O3/c1-11-8-12(13-4-2-3-5-14(13)17-11)9-18-6-7-21-15(10-18)16(19)20/h2-5,8,15H,6-7,9-10H2,1H3,(H,19,20). The number of carbonyl (C=O) groups is 1. The molecule has 1 aliphatic rings. The van der Waals surface area contributed by atoms with Gasteiger partial charge in [-0.2, -0.15) is 0 Å². The monoisotopic (exact) mass is 286 g/mol. The number of rotatable bonds is 3. The van der Waals surface area contributed by atoms with Gasteiger partial charge < -0.3 is 9.84 Å². The van der Waals surface area contributed by atoms with Gasteiger partial charge in [-0.25, -0.2) is 4.79 Å². The normalized spacial score (nSPS) is 19.8. The van der Waals surface area contributed by atoms with Crippen LogP contribution in [-0.4, -0.2) is 46.8 Å². The molecular formula is C16H18N2O3. The number of para-hydroxylation sites is 1. The van der Waals surface area contributed by atoms with Gasteiger partial charge in [0.05, 0.1) is 12.1 Å². The summed E-state index contributed by atoms with van der Waals surface area (Å²) in [6, 6.07) is 10.1. The van der Waals surface area contributed by atoms with Gasteiger partial charge >= 0.3 is 5.97 Å². The zero-order valence-corrected chi connectivity index (χ0v) is 12.0. The Morgan fingerprint density at radius 2 is 2.29 bits per heavy atom. The highest BCUT2D eigenvalue weighted by Gasteiger charge is 2.26. The number of morpholine rings is 1. The molecule has 0 saturated carbocycles. The molecule has 1 unspecified atom stereocenters. The highest BCUT2D eigenvalue weighted by molar-refractivity contribution is 5.82. The van der Waals surface area contributed by atoms with Gasteiger partial charge in [0.25, 0.3) is 0 Å². The van der Waals surface area contributed by atoms with Gasteiger partial charge in [-0.15, -0.1) is 0 Å². The highest BCUT2D eigenvalue weighted by atomic mass is 16.5. The van der Waals surface area contributed by atoms with Gasteiger partial charge in [0.1, 0.15) is 0 Å². The van der Waals surface area contributed by atoms with E-state index in [1.807, 2.05) is 25.1 Å². The molecule has 1 N–H and O–H groups in total. The first-order chi connectivity index (χ1) is 10.1. The van der Waals surface area contributed by atoms with Crippen molar-refractivity contribution in [2.24, 2.45) is 0 Å². The first-order valence-electron chi connectivity index (χ1n) is 7.05. The molecule has 0 amide bonds. The quantitative estimate of drug-likeness (QED) is 0.932. The zero-order valence-electron chi connectivity index (χ0n) is 12.0. The molecule has 0 radical (unpaired) electrons. The summed E-state index contributed by atoms with van der Waals surface area (Å²) in [5, 5.41) is 10.2. The summed E-state index contributed by atoms with van der Waals surface area (Å²) in [7, 11) is 0. The molecule has 1 aliphatic heterocycles. The van der Waals surface area contributed by atoms with Crippen molar-refractivity contribution in [3.8, 4) is 0 Å². The van der Waals surface area contributed by atoms with E-state index in [0.717, 1.165) is 29.7 Å². The number of aliphatic carboxylic acids is 1. The Morgan fingerprint density at radius 3 is 3.10 bits per heavy atom. The van der Waals surface area contributed by atoms with Crippen molar-refractivity contribution >= 4 is 16.9 Å². The molecule has 1 fully saturated rings. The number of nitrogens with zero attached hydrogens (tertiary/aromatic N) is 2. The van der Waals surface area contributed by atoms with Crippen LogP contribution in [0.5, 0.6) is 0 Å². The van der Waals surface area contributed by atoms with Crippen molar-refractivity contribution in [3.63, 3.8) is 0 Å². The van der Waals surface area contributed by atoms with E-state index >= 15 is 0 Å². The van der Waals surface area contributed by atoms with Crippen LogP contribution in [-0.2, 0) is 16.1 Å². The molecule has 0 spiro atoms. The number of pyridine rings is 1. The number of ether oxygens (including phenoxy) is 1. The highest BCUT2D eigenvalue weighted by Crippen LogP contribution is 2.20. The molecule has 2 heterocycles. The van der Waals surface area contributed by atoms with Gasteiger partial charge in [-0.1, -0.05) is 18.2 Å². The van der Waals surface area contributed by atoms with Gasteiger partial charge in [0.15, 0.2) is 6.10 Å². The second kappa shape index (κ2) is 5.79. The molecule has 1 aromatic heterocycles. The zero-order chi connectivity index (χ0) is 14.8. The number of hydrogen-bond donors (Lipinski definition) is 1. The van der Waals surface area contributed by atoms with E-state index in [9.17, 15) is 4.79 Å². The molecule has 3 rings (SSSR count). The number of benzene rings is 1. The van der Waals surface area contributed by atoms with Crippen LogP contribution in [0.2, 0.25) is 0 Å². The lowest BCUT2D eigenvalue weighted by Gasteiger charge is -2.31. The number of aromatic nitrogens is 1. The maximum Gasteiger partial charge on any atom is 0.334 e. The van der Waals surface area contributed by atoms with Crippen molar-refractivity contribution in [1.29, 1.82) is 0 Å². The van der Waals surface area contributed by atoms with Crippen LogP contribution in [0.4, 0.5) is 0 Å². The van der Waals surface area contributed by atoms with Crippen LogP contribution in [0.15, 0.2) is 30.3 Å². The maximum atomic E-state index is 11.1. The number of carboxylic acid groups (broad SMARTS) is 1. The fraction of sp³-hybridized carbons (Fsp3) is 0.375. The third-order valence-corrected chi connectivity index (χ3v) is 3.75. The smallest absolute Gasteiger partial charge is 0.334 e. The summed E-state index contributed by atoms with van der Waals surface area (Å²) in [6.45, 7) is 4.33. The van der Waals surface area contributed by atoms with Crippen molar-refractivity contribution in [1.82, 2.24) is 9.88 Å². The predicted molar refractivity (Wildman–Crippen MR) is 79.1 cm³/mol. The Balaban J connectivity index is 1.86. The van der Waals surface area contributed by atoms with E-state index < -0.39 is 12.1 Å². The molecule has 1 atom stereocenters. The second-order valence-electron chi connectivity index (χ2n) is 5.37. The number of fused-ring (bicyclic) bond motifs is 1. The third kappa shape index (κ3) is 3.04. The fourth-order valence-electron chi connectivity index (χ4n) is 2.76. The lowest BCUT2D eigenvalue weighted by atomic mass is 10.1. The molecule has 5 nitrogen and oxygen atoms in total. The van der Waals surface area contributed by atoms with Crippen LogP contribution >= 0.6 is 0 Å². The topological polar surface area (TPSA) is 62.7 Å². The first kappa shape index (κ1) is 14.0. The molecule has 0 aliphatic carbocycles. The average molecular weight is 286 g/mol. The van der Waals surface area contributed by atoms with Gasteiger partial charge in [0.2, 0.25) is 0 Å². The van der Waals surface area contributed by atoms with E-state index in [4.69, 9.17) is 9.84 Å². The van der Waals surface area contributed by atoms with E-state index in [-0.39, 0.29) is 0 Å². The Bertz CT molecular complexity index is 672. The minimum atomic E-state index is -0.893. The minimum Gasteiger partial charge on any atom is -0.479 e. The summed E-state index contributed by atoms with van der Waals surface area (Å²) in [4.78, 5) is 17.7. The second-order valence-corrected chi connectivity index (χ2v) is 5.37. The lowest BCUT2D eigenvalue weighted by molar-refractivity contribution is -0.156. The molecule has 1 saturated heterocycles. The molecule has 2 aromatic rings. The number of aryl methyl sites for hydroxylation is 1. The van der Waals surface area contributed by atoms with Crippen LogP contribution in [0, 0.1) is 6.92 Å². The summed E-state index contributed by atoms with van der Waals surface area (Å²) in [5.74, 6) is -0.893. The van der Waals surface area contributed by atoms with Crippen LogP contribution in [0.3, 0.4) is 0 Å². The van der Waals surface area contributed by atoms with Crippen molar-refractivity contribution < 1.29 is 14.6 Å². The summed E-state index contributed by atoms with van der Waals surface area (Å²) in [6.07, 6.45) is -0.729. The van der Waals surface area contributed by atoms with Crippen molar-refractivity contribution in [3.05, 3.63) is 41.6 Å². The maximum absolute atomic E-state index is 11.1. The Morgan fingerprint density at radius 1 is 1.48 bits per heavy atom. The van der Waals surface area contributed by atoms with Crippen LogP contribution < -0.4 is 0 Å². The van der Waals surface area contributed by atoms with Crippen molar-refractivity contribution in [2.75, 3.05) is 19.7 Å². The van der Waals surface area contributed by atoms with E-state index in [2.05, 4.69) is 22.0 Å². The molecule has 110 valence electrons. The van der Waals surface area contributed by atoms with Gasteiger partial charge in [-0.05, 0) is 24.6 Å². The SMILES string of the molecule is Cc1cc(CN2CCOC(C(=O)O)C2)c2ccccc2n1. The number of carboxylic acids is 1. The minimum absolute atomic E-state index is 0.422. The van der Waals surface area contributed by atoms with Crippen LogP contribution in [0.1, 0.15) is 11.3 Å². The van der Waals surface area contributed by atoms with E-state index in [0.29, 0.717) is 13.2 Å². The Labute approximate surface area is 123 Å². The Hall–Kier alpha value is -1.98. The number of hydrogen-bond acceptors (Lipinski definition) is 4. The molecule has 21 heavy (non-hydrogen) atoms. The van der Waals surface area contributed by atoms with Gasteiger partial charge in [-0.3, -0.25) is 9.88 Å². The summed E-state index contributed by atoms with van der Waals surface area (Å²) in [5.41, 5.74) is 3.14. The largest absolute Gasteiger partial charge is 0.479 e. The fourth-order valence-corrected chi connectivity index (χ4v) is 2.76. The third-order valence-electron chi connectivity index (χ3n) is 3.75. The average Bonchev–Trinajstić information content (AvgIpc) is 2.47. The molecule has 1 aromatic carbocycles. The first-order valence-corrected chi connectivity index (χ1v) is 7.05.